The normalized spacial score (nSPS) is 14.0. The summed E-state index contributed by atoms with van der Waals surface area (Å²) in [7, 11) is 0. The molecule has 0 atom stereocenters. The van der Waals surface area contributed by atoms with Crippen molar-refractivity contribution in [3.05, 3.63) is 59.2 Å². The molecule has 4 nitrogen and oxygen atoms in total. The van der Waals surface area contributed by atoms with Crippen LogP contribution >= 0.6 is 0 Å². The van der Waals surface area contributed by atoms with E-state index in [0.29, 0.717) is 19.1 Å². The summed E-state index contributed by atoms with van der Waals surface area (Å²) in [4.78, 5) is 0. The summed E-state index contributed by atoms with van der Waals surface area (Å²) in [5, 5.41) is 6.89. The van der Waals surface area contributed by atoms with Crippen molar-refractivity contribution in [3.8, 4) is 11.5 Å². The molecule has 2 aromatic carbocycles. The van der Waals surface area contributed by atoms with Gasteiger partial charge in [0, 0.05) is 32.2 Å². The molecule has 1 fully saturated rings. The zero-order valence-corrected chi connectivity index (χ0v) is 18.9. The number of rotatable bonds is 13. The summed E-state index contributed by atoms with van der Waals surface area (Å²) in [6.45, 7) is 12.0. The quantitative estimate of drug-likeness (QED) is 0.490. The molecular formula is C26H38N2O2. The largest absolute Gasteiger partial charge is 0.493 e. The Morgan fingerprint density at radius 1 is 0.967 bits per heavy atom. The lowest BCUT2D eigenvalue weighted by molar-refractivity contribution is 0.265. The van der Waals surface area contributed by atoms with Gasteiger partial charge in [-0.2, -0.15) is 0 Å². The minimum Gasteiger partial charge on any atom is -0.493 e. The number of nitrogens with one attached hydrogen (secondary N) is 2. The van der Waals surface area contributed by atoms with Gasteiger partial charge in [-0.15, -0.1) is 0 Å². The number of aryl methyl sites for hydroxylation is 1. The second-order valence-electron chi connectivity index (χ2n) is 8.88. The Kier molecular flexibility index (Phi) is 9.03. The highest BCUT2D eigenvalue weighted by Crippen LogP contribution is 2.25. The summed E-state index contributed by atoms with van der Waals surface area (Å²) in [6, 6.07) is 15.1. The Hall–Kier alpha value is -2.04. The van der Waals surface area contributed by atoms with Gasteiger partial charge in [0.25, 0.3) is 0 Å². The van der Waals surface area contributed by atoms with Crippen LogP contribution in [0.25, 0.3) is 0 Å². The SMILES string of the molecule is CCCCc1ccc(COc2cc(CNCC3CNC3)cc(OCC(C)C)c2)cc1. The Morgan fingerprint density at radius 3 is 2.30 bits per heavy atom. The van der Waals surface area contributed by atoms with Crippen LogP contribution in [0, 0.1) is 11.8 Å². The van der Waals surface area contributed by atoms with Gasteiger partial charge in [-0.3, -0.25) is 0 Å². The molecule has 1 aliphatic rings. The first-order chi connectivity index (χ1) is 14.6. The van der Waals surface area contributed by atoms with E-state index in [4.69, 9.17) is 9.47 Å². The molecule has 4 heteroatoms. The Bertz CT molecular complexity index is 754. The average molecular weight is 411 g/mol. The number of ether oxygens (including phenoxy) is 2. The van der Waals surface area contributed by atoms with E-state index < -0.39 is 0 Å². The van der Waals surface area contributed by atoms with Crippen LogP contribution in [0.5, 0.6) is 11.5 Å². The molecule has 1 aliphatic heterocycles. The second-order valence-corrected chi connectivity index (χ2v) is 8.88. The molecule has 164 valence electrons. The minimum absolute atomic E-state index is 0.494. The maximum absolute atomic E-state index is 6.14. The highest BCUT2D eigenvalue weighted by molar-refractivity contribution is 5.38. The summed E-state index contributed by atoms with van der Waals surface area (Å²) < 4.78 is 12.1. The van der Waals surface area contributed by atoms with E-state index in [1.165, 1.54) is 29.5 Å². The van der Waals surface area contributed by atoms with Gasteiger partial charge in [0.2, 0.25) is 0 Å². The maximum Gasteiger partial charge on any atom is 0.123 e. The lowest BCUT2D eigenvalue weighted by atomic mass is 10.0. The van der Waals surface area contributed by atoms with E-state index in [1.807, 2.05) is 6.07 Å². The van der Waals surface area contributed by atoms with Gasteiger partial charge in [0.05, 0.1) is 6.61 Å². The van der Waals surface area contributed by atoms with Crippen molar-refractivity contribution in [2.24, 2.45) is 11.8 Å². The molecule has 2 N–H and O–H groups in total. The highest BCUT2D eigenvalue weighted by atomic mass is 16.5. The molecule has 0 unspecified atom stereocenters. The highest BCUT2D eigenvalue weighted by Gasteiger charge is 2.15. The van der Waals surface area contributed by atoms with E-state index in [2.05, 4.69) is 67.8 Å². The molecule has 0 spiro atoms. The second kappa shape index (κ2) is 12.0. The fourth-order valence-corrected chi connectivity index (χ4v) is 3.43. The first-order valence-corrected chi connectivity index (χ1v) is 11.5. The molecule has 3 rings (SSSR count). The Morgan fingerprint density at radius 2 is 1.67 bits per heavy atom. The predicted octanol–water partition coefficient (Wildman–Crippen LogP) is 4.95. The molecule has 0 aliphatic carbocycles. The van der Waals surface area contributed by atoms with E-state index in [1.54, 1.807) is 0 Å². The predicted molar refractivity (Wildman–Crippen MR) is 124 cm³/mol. The van der Waals surface area contributed by atoms with Crippen molar-refractivity contribution in [1.29, 1.82) is 0 Å². The van der Waals surface area contributed by atoms with Gasteiger partial charge in [0.1, 0.15) is 18.1 Å². The van der Waals surface area contributed by atoms with E-state index >= 15 is 0 Å². The van der Waals surface area contributed by atoms with Crippen LogP contribution in [0.2, 0.25) is 0 Å². The minimum atomic E-state index is 0.494. The average Bonchev–Trinajstić information content (AvgIpc) is 2.71. The summed E-state index contributed by atoms with van der Waals surface area (Å²) in [5.41, 5.74) is 3.80. The lowest BCUT2D eigenvalue weighted by Gasteiger charge is -2.27. The van der Waals surface area contributed by atoms with Crippen LogP contribution in [0.15, 0.2) is 42.5 Å². The molecular weight excluding hydrogens is 372 g/mol. The zero-order chi connectivity index (χ0) is 21.2. The number of benzene rings is 2. The van der Waals surface area contributed by atoms with Crippen molar-refractivity contribution in [2.75, 3.05) is 26.2 Å². The molecule has 0 saturated carbocycles. The summed E-state index contributed by atoms with van der Waals surface area (Å²) in [6.07, 6.45) is 3.63. The van der Waals surface area contributed by atoms with E-state index in [0.717, 1.165) is 50.0 Å². The van der Waals surface area contributed by atoms with Crippen LogP contribution in [0.4, 0.5) is 0 Å². The van der Waals surface area contributed by atoms with Crippen LogP contribution in [-0.4, -0.2) is 26.2 Å². The molecule has 0 bridgehead atoms. The summed E-state index contributed by atoms with van der Waals surface area (Å²) >= 11 is 0. The fraction of sp³-hybridized carbons (Fsp3) is 0.538. The van der Waals surface area contributed by atoms with Crippen molar-refractivity contribution in [1.82, 2.24) is 10.6 Å². The molecule has 30 heavy (non-hydrogen) atoms. The zero-order valence-electron chi connectivity index (χ0n) is 18.9. The molecule has 1 saturated heterocycles. The van der Waals surface area contributed by atoms with Crippen LogP contribution in [0.3, 0.4) is 0 Å². The van der Waals surface area contributed by atoms with Gasteiger partial charge in [0.15, 0.2) is 0 Å². The van der Waals surface area contributed by atoms with Gasteiger partial charge in [-0.1, -0.05) is 51.5 Å². The van der Waals surface area contributed by atoms with E-state index in [-0.39, 0.29) is 0 Å². The third kappa shape index (κ3) is 7.66. The number of hydrogen-bond acceptors (Lipinski definition) is 4. The van der Waals surface area contributed by atoms with Gasteiger partial charge < -0.3 is 20.1 Å². The number of unbranched alkanes of at least 4 members (excludes halogenated alkanes) is 1. The van der Waals surface area contributed by atoms with Gasteiger partial charge in [-0.25, -0.2) is 0 Å². The van der Waals surface area contributed by atoms with Gasteiger partial charge >= 0.3 is 0 Å². The third-order valence-electron chi connectivity index (χ3n) is 5.40. The fourth-order valence-electron chi connectivity index (χ4n) is 3.43. The Labute approximate surface area is 182 Å². The standard InChI is InChI=1S/C26H38N2O2/c1-4-5-6-21-7-9-22(10-8-21)19-30-26-12-23(14-27-15-24-16-28-17-24)11-25(13-26)29-18-20(2)3/h7-13,20,24,27-28H,4-6,14-19H2,1-3H3. The first kappa shape index (κ1) is 22.6. The number of hydrogen-bond donors (Lipinski definition) is 2. The molecule has 0 amide bonds. The van der Waals surface area contributed by atoms with Crippen molar-refractivity contribution < 1.29 is 9.47 Å². The molecule has 1 heterocycles. The van der Waals surface area contributed by atoms with Gasteiger partial charge in [-0.05, 0) is 53.5 Å². The van der Waals surface area contributed by atoms with Crippen molar-refractivity contribution in [3.63, 3.8) is 0 Å². The molecule has 2 aromatic rings. The van der Waals surface area contributed by atoms with Crippen LogP contribution in [0.1, 0.15) is 50.3 Å². The van der Waals surface area contributed by atoms with Crippen molar-refractivity contribution >= 4 is 0 Å². The maximum atomic E-state index is 6.14. The summed E-state index contributed by atoms with van der Waals surface area (Å²) in [5.74, 6) is 3.00. The topological polar surface area (TPSA) is 42.5 Å². The molecule has 0 radical (unpaired) electrons. The van der Waals surface area contributed by atoms with Crippen LogP contribution in [-0.2, 0) is 19.6 Å². The lowest BCUT2D eigenvalue weighted by Crippen LogP contribution is -2.47. The van der Waals surface area contributed by atoms with Crippen molar-refractivity contribution in [2.45, 2.75) is 53.2 Å². The third-order valence-corrected chi connectivity index (χ3v) is 5.40. The first-order valence-electron chi connectivity index (χ1n) is 11.5. The monoisotopic (exact) mass is 410 g/mol. The smallest absolute Gasteiger partial charge is 0.123 e. The molecule has 0 aromatic heterocycles. The van der Waals surface area contributed by atoms with Crippen LogP contribution < -0.4 is 20.1 Å². The van der Waals surface area contributed by atoms with E-state index in [9.17, 15) is 0 Å². The Balaban J connectivity index is 1.59.